The third-order valence-electron chi connectivity index (χ3n) is 2.82. The Kier molecular flexibility index (Phi) is 3.76. The van der Waals surface area contributed by atoms with Crippen molar-refractivity contribution in [3.63, 3.8) is 0 Å². The third-order valence-corrected chi connectivity index (χ3v) is 3.83. The summed E-state index contributed by atoms with van der Waals surface area (Å²) in [4.78, 5) is 24.3. The molecule has 1 aromatic rings. The lowest BCUT2D eigenvalue weighted by molar-refractivity contribution is -0.147. The van der Waals surface area contributed by atoms with Gasteiger partial charge in [0.25, 0.3) is 0 Å². The van der Waals surface area contributed by atoms with Gasteiger partial charge in [-0.05, 0) is 6.07 Å². The van der Waals surface area contributed by atoms with E-state index >= 15 is 0 Å². The first-order valence-electron chi connectivity index (χ1n) is 5.46. The molecule has 0 bridgehead atoms. The number of benzene rings is 1. The number of carbonyl (C=O) groups excluding carboxylic acids is 1. The average Bonchev–Trinajstić information content (AvgIpc) is 2.81. The number of para-hydroxylation sites is 1. The second-order valence-electron chi connectivity index (χ2n) is 4.02. The van der Waals surface area contributed by atoms with Gasteiger partial charge in [-0.15, -0.1) is 11.8 Å². The van der Waals surface area contributed by atoms with Crippen LogP contribution in [0.3, 0.4) is 0 Å². The summed E-state index contributed by atoms with van der Waals surface area (Å²) < 4.78 is 0. The number of carbonyl (C=O) groups is 2. The van der Waals surface area contributed by atoms with Gasteiger partial charge in [0, 0.05) is 11.3 Å². The summed E-state index contributed by atoms with van der Waals surface area (Å²) >= 11 is 1.42. The number of thioether (sulfide) groups is 1. The molecule has 1 aromatic carbocycles. The first-order valence-corrected chi connectivity index (χ1v) is 6.62. The molecule has 6 heteroatoms. The number of hydrogen-bond acceptors (Lipinski definition) is 4. The molecule has 0 spiro atoms. The molecule has 0 saturated carbocycles. The van der Waals surface area contributed by atoms with E-state index in [1.54, 1.807) is 18.2 Å². The van der Waals surface area contributed by atoms with E-state index in [1.807, 2.05) is 0 Å². The van der Waals surface area contributed by atoms with Crippen LogP contribution in [0, 0.1) is 0 Å². The minimum absolute atomic E-state index is 0.0248. The Morgan fingerprint density at radius 3 is 2.78 bits per heavy atom. The lowest BCUT2D eigenvalue weighted by atomic mass is 10.1. The molecular weight excluding hydrogens is 254 g/mol. The maximum Gasteiger partial charge on any atom is 0.327 e. The van der Waals surface area contributed by atoms with Crippen molar-refractivity contribution in [1.29, 1.82) is 0 Å². The Labute approximate surface area is 108 Å². The van der Waals surface area contributed by atoms with Crippen molar-refractivity contribution in [2.24, 2.45) is 0 Å². The van der Waals surface area contributed by atoms with Gasteiger partial charge in [0.05, 0.1) is 12.3 Å². The number of hydrogen-bond donors (Lipinski definition) is 2. The predicted molar refractivity (Wildman–Crippen MR) is 67.4 cm³/mol. The fraction of sp³-hybridized carbons (Fsp3) is 0.333. The summed E-state index contributed by atoms with van der Waals surface area (Å²) in [6, 6.07) is 5.82. The fourth-order valence-corrected chi connectivity index (χ4v) is 2.99. The number of aromatic hydroxyl groups is 1. The smallest absolute Gasteiger partial charge is 0.327 e. The van der Waals surface area contributed by atoms with E-state index in [2.05, 4.69) is 0 Å². The quantitative estimate of drug-likeness (QED) is 0.851. The van der Waals surface area contributed by atoms with E-state index in [1.165, 1.54) is 22.7 Å². The van der Waals surface area contributed by atoms with Crippen molar-refractivity contribution in [1.82, 2.24) is 4.90 Å². The van der Waals surface area contributed by atoms with Crippen LogP contribution >= 0.6 is 11.8 Å². The molecule has 0 aromatic heterocycles. The average molecular weight is 267 g/mol. The van der Waals surface area contributed by atoms with Gasteiger partial charge in [0.15, 0.2) is 0 Å². The predicted octanol–water partition coefficient (Wildman–Crippen LogP) is 0.921. The molecule has 5 nitrogen and oxygen atoms in total. The number of phenols is 1. The van der Waals surface area contributed by atoms with Crippen molar-refractivity contribution in [3.05, 3.63) is 29.8 Å². The number of carboxylic acid groups (broad SMARTS) is 1. The number of rotatable bonds is 3. The van der Waals surface area contributed by atoms with Gasteiger partial charge in [0.1, 0.15) is 11.8 Å². The highest BCUT2D eigenvalue weighted by Gasteiger charge is 2.34. The summed E-state index contributed by atoms with van der Waals surface area (Å²) in [5.41, 5.74) is 0.517. The molecule has 0 aliphatic carbocycles. The van der Waals surface area contributed by atoms with Gasteiger partial charge in [-0.2, -0.15) is 0 Å². The Morgan fingerprint density at radius 1 is 1.39 bits per heavy atom. The van der Waals surface area contributed by atoms with Crippen LogP contribution in [0.25, 0.3) is 0 Å². The molecule has 96 valence electrons. The molecule has 0 unspecified atom stereocenters. The Morgan fingerprint density at radius 2 is 2.11 bits per heavy atom. The largest absolute Gasteiger partial charge is 0.508 e. The molecule has 1 saturated heterocycles. The number of nitrogens with zero attached hydrogens (tertiary/aromatic N) is 1. The topological polar surface area (TPSA) is 77.8 Å². The summed E-state index contributed by atoms with van der Waals surface area (Å²) in [6.07, 6.45) is 0.0248. The maximum absolute atomic E-state index is 12.0. The molecule has 1 heterocycles. The van der Waals surface area contributed by atoms with E-state index in [-0.39, 0.29) is 18.1 Å². The Balaban J connectivity index is 2.08. The normalized spacial score (nSPS) is 18.9. The lowest BCUT2D eigenvalue weighted by Gasteiger charge is -2.20. The minimum Gasteiger partial charge on any atom is -0.508 e. The first-order chi connectivity index (χ1) is 8.59. The Hall–Kier alpha value is -1.69. The molecule has 0 radical (unpaired) electrons. The molecule has 1 fully saturated rings. The van der Waals surface area contributed by atoms with Gasteiger partial charge >= 0.3 is 5.97 Å². The first kappa shape index (κ1) is 12.8. The second-order valence-corrected chi connectivity index (χ2v) is 5.02. The van der Waals surface area contributed by atoms with Crippen LogP contribution in [-0.2, 0) is 16.0 Å². The van der Waals surface area contributed by atoms with Gasteiger partial charge in [-0.25, -0.2) is 4.79 Å². The van der Waals surface area contributed by atoms with Crippen LogP contribution < -0.4 is 0 Å². The highest BCUT2D eigenvalue weighted by atomic mass is 32.2. The number of aliphatic carboxylic acids is 1. The van der Waals surface area contributed by atoms with Crippen LogP contribution in [0.15, 0.2) is 24.3 Å². The maximum atomic E-state index is 12.0. The van der Waals surface area contributed by atoms with Crippen LogP contribution in [0.5, 0.6) is 5.75 Å². The highest BCUT2D eigenvalue weighted by Crippen LogP contribution is 2.23. The van der Waals surface area contributed by atoms with Crippen molar-refractivity contribution < 1.29 is 19.8 Å². The molecular formula is C12H13NO4S. The molecule has 1 amide bonds. The summed E-state index contributed by atoms with van der Waals surface area (Å²) in [7, 11) is 0. The molecule has 1 aliphatic rings. The van der Waals surface area contributed by atoms with E-state index in [0.29, 0.717) is 17.2 Å². The van der Waals surface area contributed by atoms with Crippen LogP contribution in [0.2, 0.25) is 0 Å². The molecule has 1 atom stereocenters. The van der Waals surface area contributed by atoms with E-state index in [9.17, 15) is 14.7 Å². The number of phenolic OH excluding ortho intramolecular Hbond substituents is 1. The molecule has 2 rings (SSSR count). The highest BCUT2D eigenvalue weighted by molar-refractivity contribution is 7.99. The van der Waals surface area contributed by atoms with Crippen molar-refractivity contribution in [3.8, 4) is 5.75 Å². The van der Waals surface area contributed by atoms with Gasteiger partial charge < -0.3 is 15.1 Å². The zero-order valence-electron chi connectivity index (χ0n) is 9.57. The zero-order chi connectivity index (χ0) is 13.1. The zero-order valence-corrected chi connectivity index (χ0v) is 10.4. The van der Waals surface area contributed by atoms with E-state index in [4.69, 9.17) is 5.11 Å². The standard InChI is InChI=1S/C12H13NO4S/c14-10-4-2-1-3-8(10)5-11(15)13-7-18-6-9(13)12(16)17/h1-4,9,14H,5-7H2,(H,16,17)/t9-/m0/s1. The van der Waals surface area contributed by atoms with Crippen molar-refractivity contribution in [2.45, 2.75) is 12.5 Å². The SMILES string of the molecule is O=C(O)[C@@H]1CSCN1C(=O)Cc1ccccc1O. The van der Waals surface area contributed by atoms with Gasteiger partial charge in [-0.1, -0.05) is 18.2 Å². The fourth-order valence-electron chi connectivity index (χ4n) is 1.82. The second kappa shape index (κ2) is 5.30. The van der Waals surface area contributed by atoms with Crippen LogP contribution in [-0.4, -0.2) is 44.7 Å². The monoisotopic (exact) mass is 267 g/mol. The summed E-state index contributed by atoms with van der Waals surface area (Å²) in [5.74, 6) is -0.380. The summed E-state index contributed by atoms with van der Waals surface area (Å²) in [5, 5.41) is 18.6. The minimum atomic E-state index is -0.981. The number of carboxylic acids is 1. The van der Waals surface area contributed by atoms with Crippen molar-refractivity contribution in [2.75, 3.05) is 11.6 Å². The summed E-state index contributed by atoms with van der Waals surface area (Å²) in [6.45, 7) is 0. The molecule has 18 heavy (non-hydrogen) atoms. The van der Waals surface area contributed by atoms with E-state index in [0.717, 1.165) is 0 Å². The molecule has 1 aliphatic heterocycles. The lowest BCUT2D eigenvalue weighted by Crippen LogP contribution is -2.42. The number of amides is 1. The van der Waals surface area contributed by atoms with E-state index < -0.39 is 12.0 Å². The van der Waals surface area contributed by atoms with Gasteiger partial charge in [0.2, 0.25) is 5.91 Å². The molecule has 2 N–H and O–H groups in total. The van der Waals surface area contributed by atoms with Crippen LogP contribution in [0.4, 0.5) is 0 Å². The Bertz CT molecular complexity index is 477. The van der Waals surface area contributed by atoms with Gasteiger partial charge in [-0.3, -0.25) is 4.79 Å². The van der Waals surface area contributed by atoms with Crippen LogP contribution in [0.1, 0.15) is 5.56 Å². The third kappa shape index (κ3) is 2.59. The van der Waals surface area contributed by atoms with Crippen molar-refractivity contribution >= 4 is 23.6 Å².